The van der Waals surface area contributed by atoms with Gasteiger partial charge in [0.2, 0.25) is 0 Å². The van der Waals surface area contributed by atoms with E-state index in [1.165, 1.54) is 0 Å². The number of aryl methyl sites for hydroxylation is 1. The minimum Gasteiger partial charge on any atom is -0.492 e. The molecule has 1 fully saturated rings. The summed E-state index contributed by atoms with van der Waals surface area (Å²) in [7, 11) is 0. The fourth-order valence-electron chi connectivity index (χ4n) is 3.75. The second kappa shape index (κ2) is 10.1. The number of carbonyl (C=O) groups is 2. The van der Waals surface area contributed by atoms with Gasteiger partial charge in [-0.25, -0.2) is 9.78 Å². The number of nitrogens with zero attached hydrogens (tertiary/aromatic N) is 2. The highest BCUT2D eigenvalue weighted by atomic mass is 16.5. The number of ether oxygens (including phenoxy) is 2. The van der Waals surface area contributed by atoms with E-state index in [9.17, 15) is 9.59 Å². The van der Waals surface area contributed by atoms with Crippen LogP contribution < -0.4 is 15.0 Å². The molecule has 32 heavy (non-hydrogen) atoms. The average Bonchev–Trinajstić information content (AvgIpc) is 3.34. The highest BCUT2D eigenvalue weighted by Gasteiger charge is 2.23. The molecule has 2 heterocycles. The van der Waals surface area contributed by atoms with E-state index in [4.69, 9.17) is 14.5 Å². The van der Waals surface area contributed by atoms with Crippen molar-refractivity contribution in [3.8, 4) is 5.75 Å². The van der Waals surface area contributed by atoms with Crippen molar-refractivity contribution in [3.63, 3.8) is 0 Å². The number of aromatic nitrogens is 1. The Morgan fingerprint density at radius 3 is 2.69 bits per heavy atom. The number of para-hydroxylation sites is 1. The van der Waals surface area contributed by atoms with E-state index in [1.807, 2.05) is 55.5 Å². The van der Waals surface area contributed by atoms with E-state index in [2.05, 4.69) is 10.2 Å². The number of benzene rings is 2. The van der Waals surface area contributed by atoms with Gasteiger partial charge < -0.3 is 19.7 Å². The molecular weight excluding hydrogens is 406 g/mol. The van der Waals surface area contributed by atoms with E-state index in [0.29, 0.717) is 24.5 Å². The zero-order valence-corrected chi connectivity index (χ0v) is 18.2. The number of rotatable bonds is 8. The largest absolute Gasteiger partial charge is 0.492 e. The maximum atomic E-state index is 12.8. The molecule has 2 aromatic carbocycles. The van der Waals surface area contributed by atoms with Crippen LogP contribution in [0, 0.1) is 6.92 Å². The monoisotopic (exact) mass is 433 g/mol. The molecule has 4 rings (SSSR count). The summed E-state index contributed by atoms with van der Waals surface area (Å²) in [6, 6.07) is 17.2. The summed E-state index contributed by atoms with van der Waals surface area (Å²) < 4.78 is 10.9. The van der Waals surface area contributed by atoms with Gasteiger partial charge in [0.1, 0.15) is 23.7 Å². The lowest BCUT2D eigenvalue weighted by Gasteiger charge is -2.20. The van der Waals surface area contributed by atoms with Crippen LogP contribution in [-0.4, -0.2) is 49.7 Å². The van der Waals surface area contributed by atoms with Gasteiger partial charge in [-0.05, 0) is 49.6 Å². The van der Waals surface area contributed by atoms with Gasteiger partial charge in [0.05, 0.1) is 12.1 Å². The number of nitrogens with one attached hydrogen (secondary N) is 1. The third-order valence-corrected chi connectivity index (χ3v) is 5.35. The van der Waals surface area contributed by atoms with Gasteiger partial charge >= 0.3 is 5.97 Å². The first kappa shape index (κ1) is 21.6. The molecule has 0 bridgehead atoms. The molecule has 0 atom stereocenters. The van der Waals surface area contributed by atoms with Crippen molar-refractivity contribution in [1.29, 1.82) is 0 Å². The Morgan fingerprint density at radius 2 is 1.88 bits per heavy atom. The Balaban J connectivity index is 1.33. The van der Waals surface area contributed by atoms with Crippen LogP contribution in [0.4, 0.5) is 5.82 Å². The van der Waals surface area contributed by atoms with Gasteiger partial charge in [-0.1, -0.05) is 30.3 Å². The van der Waals surface area contributed by atoms with Crippen molar-refractivity contribution in [3.05, 3.63) is 65.7 Å². The average molecular weight is 434 g/mol. The Kier molecular flexibility index (Phi) is 6.84. The SMILES string of the molecule is Cc1cccc(OCCNC(=O)COC(=O)c2cc3ccccc3nc2N2CCCC2)c1. The third-order valence-electron chi connectivity index (χ3n) is 5.35. The molecule has 3 aromatic rings. The number of carbonyl (C=O) groups excluding carboxylic acids is 2. The Hall–Kier alpha value is -3.61. The first-order valence-electron chi connectivity index (χ1n) is 10.9. The van der Waals surface area contributed by atoms with Crippen LogP contribution in [-0.2, 0) is 9.53 Å². The Morgan fingerprint density at radius 1 is 1.06 bits per heavy atom. The Labute approximate surface area is 187 Å². The van der Waals surface area contributed by atoms with Gasteiger partial charge in [-0.15, -0.1) is 0 Å². The summed E-state index contributed by atoms with van der Waals surface area (Å²) in [4.78, 5) is 31.8. The molecule has 1 aromatic heterocycles. The number of esters is 1. The number of amides is 1. The van der Waals surface area contributed by atoms with E-state index in [0.717, 1.165) is 48.1 Å². The molecule has 1 aliphatic rings. The van der Waals surface area contributed by atoms with E-state index in [1.54, 1.807) is 6.07 Å². The molecule has 1 N–H and O–H groups in total. The molecule has 1 aliphatic heterocycles. The minimum absolute atomic E-state index is 0.320. The summed E-state index contributed by atoms with van der Waals surface area (Å²) in [5, 5.41) is 3.57. The number of pyridine rings is 1. The van der Waals surface area contributed by atoms with Crippen molar-refractivity contribution in [2.75, 3.05) is 37.7 Å². The highest BCUT2D eigenvalue weighted by Crippen LogP contribution is 2.27. The van der Waals surface area contributed by atoms with Gasteiger partial charge in [0.15, 0.2) is 6.61 Å². The van der Waals surface area contributed by atoms with Crippen molar-refractivity contribution in [2.45, 2.75) is 19.8 Å². The van der Waals surface area contributed by atoms with E-state index < -0.39 is 5.97 Å². The predicted molar refractivity (Wildman–Crippen MR) is 123 cm³/mol. The summed E-state index contributed by atoms with van der Waals surface area (Å²) >= 11 is 0. The number of anilines is 1. The molecule has 1 amide bonds. The maximum Gasteiger partial charge on any atom is 0.342 e. The van der Waals surface area contributed by atoms with Crippen LogP contribution in [0.2, 0.25) is 0 Å². The molecule has 0 radical (unpaired) electrons. The van der Waals surface area contributed by atoms with Gasteiger partial charge in [-0.3, -0.25) is 4.79 Å². The lowest BCUT2D eigenvalue weighted by molar-refractivity contribution is -0.124. The van der Waals surface area contributed by atoms with Crippen molar-refractivity contribution >= 4 is 28.6 Å². The number of fused-ring (bicyclic) bond motifs is 1. The van der Waals surface area contributed by atoms with Crippen LogP contribution in [0.3, 0.4) is 0 Å². The summed E-state index contributed by atoms with van der Waals surface area (Å²) in [6.07, 6.45) is 2.13. The van der Waals surface area contributed by atoms with E-state index >= 15 is 0 Å². The molecule has 0 spiro atoms. The molecule has 0 saturated carbocycles. The van der Waals surface area contributed by atoms with Crippen molar-refractivity contribution in [1.82, 2.24) is 10.3 Å². The zero-order valence-electron chi connectivity index (χ0n) is 18.2. The molecule has 1 saturated heterocycles. The molecule has 7 heteroatoms. The minimum atomic E-state index is -0.545. The first-order chi connectivity index (χ1) is 15.6. The second-order valence-electron chi connectivity index (χ2n) is 7.84. The van der Waals surface area contributed by atoms with Crippen LogP contribution in [0.25, 0.3) is 10.9 Å². The molecule has 166 valence electrons. The summed E-state index contributed by atoms with van der Waals surface area (Å²) in [5.41, 5.74) is 2.33. The van der Waals surface area contributed by atoms with Crippen LogP contribution in [0.1, 0.15) is 28.8 Å². The normalized spacial score (nSPS) is 13.2. The van der Waals surface area contributed by atoms with Crippen molar-refractivity contribution < 1.29 is 19.1 Å². The second-order valence-corrected chi connectivity index (χ2v) is 7.84. The number of hydrogen-bond acceptors (Lipinski definition) is 6. The quantitative estimate of drug-likeness (QED) is 0.433. The highest BCUT2D eigenvalue weighted by molar-refractivity contribution is 6.00. The summed E-state index contributed by atoms with van der Waals surface area (Å²) in [5.74, 6) is 0.459. The standard InChI is InChI=1S/C25H27N3O4/c1-18-7-6-9-20(15-18)31-14-11-26-23(29)17-32-25(30)21-16-19-8-2-3-10-22(19)27-24(21)28-12-4-5-13-28/h2-3,6-10,15-16H,4-5,11-14,17H2,1H3,(H,26,29). The lowest BCUT2D eigenvalue weighted by atomic mass is 10.1. The first-order valence-corrected chi connectivity index (χ1v) is 10.9. The molecule has 0 unspecified atom stereocenters. The topological polar surface area (TPSA) is 80.8 Å². The van der Waals surface area contributed by atoms with Crippen molar-refractivity contribution in [2.24, 2.45) is 0 Å². The summed E-state index contributed by atoms with van der Waals surface area (Å²) in [6.45, 7) is 4.00. The van der Waals surface area contributed by atoms with Crippen LogP contribution in [0.15, 0.2) is 54.6 Å². The van der Waals surface area contributed by atoms with E-state index in [-0.39, 0.29) is 12.5 Å². The van der Waals surface area contributed by atoms with Crippen LogP contribution >= 0.6 is 0 Å². The molecule has 0 aliphatic carbocycles. The van der Waals surface area contributed by atoms with Gasteiger partial charge in [0.25, 0.3) is 5.91 Å². The zero-order chi connectivity index (χ0) is 22.3. The lowest BCUT2D eigenvalue weighted by Crippen LogP contribution is -2.32. The maximum absolute atomic E-state index is 12.8. The van der Waals surface area contributed by atoms with Crippen LogP contribution in [0.5, 0.6) is 5.75 Å². The molecule has 7 nitrogen and oxygen atoms in total. The Bertz CT molecular complexity index is 1110. The molecular formula is C25H27N3O4. The fraction of sp³-hybridized carbons (Fsp3) is 0.320. The number of hydrogen-bond donors (Lipinski definition) is 1. The fourth-order valence-corrected chi connectivity index (χ4v) is 3.75. The predicted octanol–water partition coefficient (Wildman–Crippen LogP) is 3.50. The third kappa shape index (κ3) is 5.35. The van der Waals surface area contributed by atoms with Gasteiger partial charge in [0, 0.05) is 18.5 Å². The van der Waals surface area contributed by atoms with Gasteiger partial charge in [-0.2, -0.15) is 0 Å². The smallest absolute Gasteiger partial charge is 0.342 e.